The van der Waals surface area contributed by atoms with Crippen LogP contribution >= 0.6 is 0 Å². The second kappa shape index (κ2) is 4.28. The highest BCUT2D eigenvalue weighted by atomic mass is 14.9. The lowest BCUT2D eigenvalue weighted by molar-refractivity contribution is 1.05. The SMILES string of the molecule is CCNc1c(CN)cnc2ccccc12. The van der Waals surface area contributed by atoms with Crippen LogP contribution in [-0.2, 0) is 6.54 Å². The molecule has 1 aromatic carbocycles. The zero-order chi connectivity index (χ0) is 10.7. The first kappa shape index (κ1) is 9.93. The zero-order valence-electron chi connectivity index (χ0n) is 8.83. The Morgan fingerprint density at radius 1 is 1.33 bits per heavy atom. The number of nitrogens with zero attached hydrogens (tertiary/aromatic N) is 1. The van der Waals surface area contributed by atoms with Gasteiger partial charge in [-0.05, 0) is 13.0 Å². The van der Waals surface area contributed by atoms with Gasteiger partial charge in [-0.15, -0.1) is 0 Å². The van der Waals surface area contributed by atoms with Crippen molar-refractivity contribution >= 4 is 16.6 Å². The quantitative estimate of drug-likeness (QED) is 0.799. The van der Waals surface area contributed by atoms with Crippen LogP contribution in [-0.4, -0.2) is 11.5 Å². The molecule has 78 valence electrons. The van der Waals surface area contributed by atoms with Crippen LogP contribution in [0.25, 0.3) is 10.9 Å². The molecule has 0 aliphatic carbocycles. The molecule has 0 aliphatic heterocycles. The Labute approximate surface area is 89.3 Å². The van der Waals surface area contributed by atoms with E-state index in [0.29, 0.717) is 6.54 Å². The summed E-state index contributed by atoms with van der Waals surface area (Å²) in [4.78, 5) is 4.37. The molecule has 0 spiro atoms. The van der Waals surface area contributed by atoms with Gasteiger partial charge in [0.25, 0.3) is 0 Å². The number of nitrogens with one attached hydrogen (secondary N) is 1. The van der Waals surface area contributed by atoms with Crippen molar-refractivity contribution in [1.29, 1.82) is 0 Å². The van der Waals surface area contributed by atoms with Gasteiger partial charge < -0.3 is 11.1 Å². The van der Waals surface area contributed by atoms with Crippen molar-refractivity contribution in [3.05, 3.63) is 36.0 Å². The smallest absolute Gasteiger partial charge is 0.0722 e. The minimum atomic E-state index is 0.514. The summed E-state index contributed by atoms with van der Waals surface area (Å²) < 4.78 is 0. The number of pyridine rings is 1. The first-order chi connectivity index (χ1) is 7.36. The molecule has 0 saturated heterocycles. The van der Waals surface area contributed by atoms with E-state index < -0.39 is 0 Å². The van der Waals surface area contributed by atoms with Gasteiger partial charge in [0.2, 0.25) is 0 Å². The summed E-state index contributed by atoms with van der Waals surface area (Å²) in [7, 11) is 0. The average molecular weight is 201 g/mol. The van der Waals surface area contributed by atoms with E-state index in [2.05, 4.69) is 23.3 Å². The molecule has 0 atom stereocenters. The molecule has 3 heteroatoms. The van der Waals surface area contributed by atoms with Gasteiger partial charge in [-0.25, -0.2) is 0 Å². The lowest BCUT2D eigenvalue weighted by Gasteiger charge is -2.11. The summed E-state index contributed by atoms with van der Waals surface area (Å²) in [6, 6.07) is 8.09. The van der Waals surface area contributed by atoms with Crippen LogP contribution < -0.4 is 11.1 Å². The number of hydrogen-bond acceptors (Lipinski definition) is 3. The third-order valence-corrected chi connectivity index (χ3v) is 2.43. The normalized spacial score (nSPS) is 10.5. The van der Waals surface area contributed by atoms with Gasteiger partial charge in [0.15, 0.2) is 0 Å². The van der Waals surface area contributed by atoms with E-state index in [-0.39, 0.29) is 0 Å². The molecular formula is C12H15N3. The summed E-state index contributed by atoms with van der Waals surface area (Å²) in [5, 5.41) is 4.49. The molecule has 0 amide bonds. The molecular weight excluding hydrogens is 186 g/mol. The summed E-state index contributed by atoms with van der Waals surface area (Å²) in [5.74, 6) is 0. The van der Waals surface area contributed by atoms with E-state index in [9.17, 15) is 0 Å². The highest BCUT2D eigenvalue weighted by molar-refractivity contribution is 5.92. The molecule has 0 aliphatic rings. The summed E-state index contributed by atoms with van der Waals surface area (Å²) in [5.41, 5.74) is 8.88. The highest BCUT2D eigenvalue weighted by Gasteiger charge is 2.05. The van der Waals surface area contributed by atoms with Crippen LogP contribution in [0.1, 0.15) is 12.5 Å². The molecule has 0 fully saturated rings. The van der Waals surface area contributed by atoms with E-state index in [1.165, 1.54) is 0 Å². The number of hydrogen-bond donors (Lipinski definition) is 2. The van der Waals surface area contributed by atoms with Crippen LogP contribution in [0.3, 0.4) is 0 Å². The monoisotopic (exact) mass is 201 g/mol. The fraction of sp³-hybridized carbons (Fsp3) is 0.250. The van der Waals surface area contributed by atoms with Crippen LogP contribution in [0.2, 0.25) is 0 Å². The molecule has 0 radical (unpaired) electrons. The Morgan fingerprint density at radius 3 is 2.87 bits per heavy atom. The number of nitrogens with two attached hydrogens (primary N) is 1. The third kappa shape index (κ3) is 1.78. The molecule has 2 rings (SSSR count). The van der Waals surface area contributed by atoms with Gasteiger partial charge in [-0.3, -0.25) is 4.98 Å². The van der Waals surface area contributed by atoms with Crippen molar-refractivity contribution in [3.8, 4) is 0 Å². The minimum Gasteiger partial charge on any atom is -0.384 e. The fourth-order valence-corrected chi connectivity index (χ4v) is 1.72. The standard InChI is InChI=1S/C12H15N3/c1-2-14-12-9(7-13)8-15-11-6-4-3-5-10(11)12/h3-6,8H,2,7,13H2,1H3,(H,14,15). The Kier molecular flexibility index (Phi) is 2.83. The van der Waals surface area contributed by atoms with E-state index in [0.717, 1.165) is 28.7 Å². The van der Waals surface area contributed by atoms with E-state index in [1.807, 2.05) is 24.4 Å². The van der Waals surface area contributed by atoms with Gasteiger partial charge >= 0.3 is 0 Å². The molecule has 2 aromatic rings. The van der Waals surface area contributed by atoms with Crippen molar-refractivity contribution in [3.63, 3.8) is 0 Å². The van der Waals surface area contributed by atoms with Crippen molar-refractivity contribution in [2.75, 3.05) is 11.9 Å². The topological polar surface area (TPSA) is 50.9 Å². The molecule has 1 heterocycles. The lowest BCUT2D eigenvalue weighted by atomic mass is 10.1. The maximum Gasteiger partial charge on any atom is 0.0722 e. The van der Waals surface area contributed by atoms with Gasteiger partial charge in [0.1, 0.15) is 0 Å². The molecule has 0 unspecified atom stereocenters. The largest absolute Gasteiger partial charge is 0.384 e. The van der Waals surface area contributed by atoms with Crippen molar-refractivity contribution in [1.82, 2.24) is 4.98 Å². The predicted molar refractivity (Wildman–Crippen MR) is 63.8 cm³/mol. The molecule has 0 bridgehead atoms. The summed E-state index contributed by atoms with van der Waals surface area (Å²) in [6.45, 7) is 3.48. The van der Waals surface area contributed by atoms with E-state index in [4.69, 9.17) is 5.73 Å². The Bertz CT molecular complexity index is 465. The molecule has 0 saturated carbocycles. The van der Waals surface area contributed by atoms with Crippen molar-refractivity contribution < 1.29 is 0 Å². The number of para-hydroxylation sites is 1. The number of aromatic nitrogens is 1. The Morgan fingerprint density at radius 2 is 2.13 bits per heavy atom. The summed E-state index contributed by atoms with van der Waals surface area (Å²) in [6.07, 6.45) is 1.85. The van der Waals surface area contributed by atoms with Crippen LogP contribution in [0.5, 0.6) is 0 Å². The highest BCUT2D eigenvalue weighted by Crippen LogP contribution is 2.25. The Hall–Kier alpha value is -1.61. The van der Waals surface area contributed by atoms with E-state index >= 15 is 0 Å². The van der Waals surface area contributed by atoms with Gasteiger partial charge in [0.05, 0.1) is 5.52 Å². The van der Waals surface area contributed by atoms with Crippen LogP contribution in [0, 0.1) is 0 Å². The molecule has 1 aromatic heterocycles. The maximum absolute atomic E-state index is 5.69. The minimum absolute atomic E-state index is 0.514. The van der Waals surface area contributed by atoms with Gasteiger partial charge in [-0.2, -0.15) is 0 Å². The first-order valence-corrected chi connectivity index (χ1v) is 5.17. The number of fused-ring (bicyclic) bond motifs is 1. The maximum atomic E-state index is 5.69. The third-order valence-electron chi connectivity index (χ3n) is 2.43. The van der Waals surface area contributed by atoms with Gasteiger partial charge in [0, 0.05) is 35.9 Å². The average Bonchev–Trinajstić information content (AvgIpc) is 2.30. The van der Waals surface area contributed by atoms with Crippen LogP contribution in [0.15, 0.2) is 30.5 Å². The van der Waals surface area contributed by atoms with Crippen LogP contribution in [0.4, 0.5) is 5.69 Å². The van der Waals surface area contributed by atoms with Gasteiger partial charge in [-0.1, -0.05) is 18.2 Å². The van der Waals surface area contributed by atoms with Crippen molar-refractivity contribution in [2.45, 2.75) is 13.5 Å². The Balaban J connectivity index is 2.67. The first-order valence-electron chi connectivity index (χ1n) is 5.17. The molecule has 3 N–H and O–H groups in total. The number of anilines is 1. The number of rotatable bonds is 3. The summed E-state index contributed by atoms with van der Waals surface area (Å²) >= 11 is 0. The lowest BCUT2D eigenvalue weighted by Crippen LogP contribution is -2.06. The second-order valence-corrected chi connectivity index (χ2v) is 3.41. The van der Waals surface area contributed by atoms with E-state index in [1.54, 1.807) is 0 Å². The molecule has 3 nitrogen and oxygen atoms in total. The predicted octanol–water partition coefficient (Wildman–Crippen LogP) is 2.13. The number of benzene rings is 1. The van der Waals surface area contributed by atoms with Crippen molar-refractivity contribution in [2.24, 2.45) is 5.73 Å². The zero-order valence-corrected chi connectivity index (χ0v) is 8.83. The fourth-order valence-electron chi connectivity index (χ4n) is 1.72. The molecule has 15 heavy (non-hydrogen) atoms. The second-order valence-electron chi connectivity index (χ2n) is 3.41.